The van der Waals surface area contributed by atoms with Gasteiger partial charge in [-0.3, -0.25) is 14.9 Å². The van der Waals surface area contributed by atoms with Crippen molar-refractivity contribution in [3.05, 3.63) is 41.7 Å². The van der Waals surface area contributed by atoms with Gasteiger partial charge in [0.15, 0.2) is 5.82 Å². The van der Waals surface area contributed by atoms with Gasteiger partial charge < -0.3 is 14.9 Å². The smallest absolute Gasteiger partial charge is 0.314 e. The Bertz CT molecular complexity index is 684. The highest BCUT2D eigenvalue weighted by Crippen LogP contribution is 2.18. The second-order valence-electron chi connectivity index (χ2n) is 4.78. The minimum Gasteiger partial charge on any atom is -0.387 e. The Balaban J connectivity index is 1.83. The van der Waals surface area contributed by atoms with Crippen LogP contribution in [0.25, 0.3) is 0 Å². The zero-order valence-electron chi connectivity index (χ0n) is 12.7. The molecule has 1 atom stereocenters. The average molecular weight is 335 g/mol. The van der Waals surface area contributed by atoms with Crippen LogP contribution in [0.3, 0.4) is 0 Å². The molecule has 3 N–H and O–H groups in total. The summed E-state index contributed by atoms with van der Waals surface area (Å²) in [5.74, 6) is -1.05. The van der Waals surface area contributed by atoms with E-state index in [2.05, 4.69) is 15.8 Å². The van der Waals surface area contributed by atoms with E-state index in [0.717, 1.165) is 4.90 Å². The van der Waals surface area contributed by atoms with Gasteiger partial charge in [0.05, 0.1) is 6.10 Å². The molecule has 0 saturated carbocycles. The van der Waals surface area contributed by atoms with E-state index in [1.54, 1.807) is 30.8 Å². The Kier molecular flexibility index (Phi) is 5.78. The van der Waals surface area contributed by atoms with Gasteiger partial charge in [-0.25, -0.2) is 0 Å². The molecule has 0 spiro atoms. The number of nitrogens with zero attached hydrogens (tertiary/aromatic N) is 1. The second-order valence-corrected chi connectivity index (χ2v) is 5.66. The Morgan fingerprint density at radius 2 is 2.00 bits per heavy atom. The minimum atomic E-state index is -0.892. The van der Waals surface area contributed by atoms with Gasteiger partial charge in [0.1, 0.15) is 5.76 Å². The summed E-state index contributed by atoms with van der Waals surface area (Å²) in [6.45, 7) is 1.60. The van der Waals surface area contributed by atoms with Gasteiger partial charge in [0, 0.05) is 17.5 Å². The number of hydrogen-bond donors (Lipinski definition) is 3. The van der Waals surface area contributed by atoms with Crippen molar-refractivity contribution < 1.29 is 19.2 Å². The fourth-order valence-electron chi connectivity index (χ4n) is 1.81. The van der Waals surface area contributed by atoms with Crippen LogP contribution in [0.4, 0.5) is 5.82 Å². The van der Waals surface area contributed by atoms with Crippen molar-refractivity contribution in [1.29, 1.82) is 0 Å². The molecule has 0 aliphatic rings. The molecule has 0 saturated heterocycles. The van der Waals surface area contributed by atoms with Crippen LogP contribution in [-0.4, -0.2) is 34.9 Å². The number of hydrogen-bond acceptors (Lipinski definition) is 6. The van der Waals surface area contributed by atoms with E-state index in [-0.39, 0.29) is 12.4 Å². The van der Waals surface area contributed by atoms with Crippen LogP contribution in [-0.2, 0) is 9.59 Å². The number of anilines is 1. The zero-order valence-corrected chi connectivity index (χ0v) is 13.5. The molecular formula is C15H17N3O4S. The van der Waals surface area contributed by atoms with Crippen LogP contribution in [0.5, 0.6) is 0 Å². The predicted molar refractivity (Wildman–Crippen MR) is 86.1 cm³/mol. The summed E-state index contributed by atoms with van der Waals surface area (Å²) >= 11 is 1.60. The molecule has 1 aromatic carbocycles. The highest BCUT2D eigenvalue weighted by Gasteiger charge is 2.17. The SMILES string of the molecule is CSc1ccc([C@H](O)CNC(=O)C(=O)Nc2cc(C)on2)cc1. The minimum absolute atomic E-state index is 0.0668. The number of benzene rings is 1. The van der Waals surface area contributed by atoms with Crippen molar-refractivity contribution in [2.24, 2.45) is 0 Å². The second kappa shape index (κ2) is 7.80. The zero-order chi connectivity index (χ0) is 16.8. The molecule has 0 bridgehead atoms. The summed E-state index contributed by atoms with van der Waals surface area (Å²) in [6, 6.07) is 8.81. The lowest BCUT2D eigenvalue weighted by molar-refractivity contribution is -0.136. The van der Waals surface area contributed by atoms with Gasteiger partial charge >= 0.3 is 11.8 Å². The number of rotatable bonds is 5. The number of aliphatic hydroxyl groups excluding tert-OH is 1. The number of aromatic nitrogens is 1. The van der Waals surface area contributed by atoms with Crippen LogP contribution < -0.4 is 10.6 Å². The molecule has 1 heterocycles. The van der Waals surface area contributed by atoms with Crippen LogP contribution in [0.2, 0.25) is 0 Å². The summed E-state index contributed by atoms with van der Waals surface area (Å²) in [6.07, 6.45) is 1.07. The third-order valence-corrected chi connectivity index (χ3v) is 3.78. The van der Waals surface area contributed by atoms with Crippen molar-refractivity contribution in [2.45, 2.75) is 17.9 Å². The summed E-state index contributed by atoms with van der Waals surface area (Å²) in [5.41, 5.74) is 0.663. The lowest BCUT2D eigenvalue weighted by atomic mass is 10.1. The number of aryl methyl sites for hydroxylation is 1. The Morgan fingerprint density at radius 3 is 2.57 bits per heavy atom. The van der Waals surface area contributed by atoms with Crippen LogP contribution in [0.1, 0.15) is 17.4 Å². The van der Waals surface area contributed by atoms with E-state index in [9.17, 15) is 14.7 Å². The highest BCUT2D eigenvalue weighted by atomic mass is 32.2. The van der Waals surface area contributed by atoms with Crippen molar-refractivity contribution in [3.63, 3.8) is 0 Å². The number of amides is 2. The van der Waals surface area contributed by atoms with Crippen molar-refractivity contribution in [2.75, 3.05) is 18.1 Å². The van der Waals surface area contributed by atoms with E-state index >= 15 is 0 Å². The number of carbonyl (C=O) groups excluding carboxylic acids is 2. The fraction of sp³-hybridized carbons (Fsp3) is 0.267. The molecule has 1 aromatic heterocycles. The molecule has 0 fully saturated rings. The molecule has 2 aromatic rings. The third kappa shape index (κ3) is 4.83. The summed E-state index contributed by atoms with van der Waals surface area (Å²) < 4.78 is 4.78. The largest absolute Gasteiger partial charge is 0.387 e. The molecule has 2 amide bonds. The number of aliphatic hydroxyl groups is 1. The van der Waals surface area contributed by atoms with Crippen LogP contribution >= 0.6 is 11.8 Å². The summed E-state index contributed by atoms with van der Waals surface area (Å²) in [4.78, 5) is 24.4. The number of carbonyl (C=O) groups is 2. The van der Waals surface area contributed by atoms with Gasteiger partial charge in [-0.05, 0) is 30.9 Å². The lowest BCUT2D eigenvalue weighted by Crippen LogP contribution is -2.37. The summed E-state index contributed by atoms with van der Waals surface area (Å²) in [7, 11) is 0. The molecular weight excluding hydrogens is 318 g/mol. The van der Waals surface area contributed by atoms with E-state index in [0.29, 0.717) is 11.3 Å². The highest BCUT2D eigenvalue weighted by molar-refractivity contribution is 7.98. The Labute approximate surface area is 137 Å². The summed E-state index contributed by atoms with van der Waals surface area (Å²) in [5, 5.41) is 18.3. The molecule has 7 nitrogen and oxygen atoms in total. The quantitative estimate of drug-likeness (QED) is 0.565. The molecule has 0 unspecified atom stereocenters. The number of thioether (sulfide) groups is 1. The van der Waals surface area contributed by atoms with Gasteiger partial charge in [0.2, 0.25) is 0 Å². The molecule has 2 rings (SSSR count). The molecule has 8 heteroatoms. The molecule has 0 aliphatic carbocycles. The molecule has 23 heavy (non-hydrogen) atoms. The maximum absolute atomic E-state index is 11.7. The maximum Gasteiger partial charge on any atom is 0.314 e. The maximum atomic E-state index is 11.7. The van der Waals surface area contributed by atoms with E-state index in [4.69, 9.17) is 4.52 Å². The van der Waals surface area contributed by atoms with Crippen molar-refractivity contribution in [1.82, 2.24) is 10.5 Å². The first kappa shape index (κ1) is 17.0. The topological polar surface area (TPSA) is 104 Å². The van der Waals surface area contributed by atoms with Gasteiger partial charge in [-0.15, -0.1) is 11.8 Å². The molecule has 0 aliphatic heterocycles. The fourth-order valence-corrected chi connectivity index (χ4v) is 2.22. The monoisotopic (exact) mass is 335 g/mol. The Hall–Kier alpha value is -2.32. The van der Waals surface area contributed by atoms with Crippen molar-refractivity contribution >= 4 is 29.4 Å². The lowest BCUT2D eigenvalue weighted by Gasteiger charge is -2.12. The van der Waals surface area contributed by atoms with E-state index in [1.807, 2.05) is 18.4 Å². The molecule has 0 radical (unpaired) electrons. The van der Waals surface area contributed by atoms with Crippen LogP contribution in [0, 0.1) is 6.92 Å². The van der Waals surface area contributed by atoms with Gasteiger partial charge in [0.25, 0.3) is 0 Å². The van der Waals surface area contributed by atoms with Crippen LogP contribution in [0.15, 0.2) is 39.8 Å². The van der Waals surface area contributed by atoms with E-state index in [1.165, 1.54) is 6.07 Å². The average Bonchev–Trinajstić information content (AvgIpc) is 2.97. The van der Waals surface area contributed by atoms with Gasteiger partial charge in [-0.1, -0.05) is 17.3 Å². The molecule has 122 valence electrons. The first-order chi connectivity index (χ1) is 11.0. The standard InChI is InChI=1S/C15H17N3O4S/c1-9-7-13(18-22-9)17-15(21)14(20)16-8-12(19)10-3-5-11(23-2)6-4-10/h3-7,12,19H,8H2,1-2H3,(H,16,20)(H,17,18,21)/t12-/m1/s1. The Morgan fingerprint density at radius 1 is 1.30 bits per heavy atom. The first-order valence-corrected chi connectivity index (χ1v) is 8.06. The predicted octanol–water partition coefficient (Wildman–Crippen LogP) is 1.49. The van der Waals surface area contributed by atoms with Crippen molar-refractivity contribution in [3.8, 4) is 0 Å². The van der Waals surface area contributed by atoms with E-state index < -0.39 is 17.9 Å². The first-order valence-electron chi connectivity index (χ1n) is 6.84. The number of nitrogens with one attached hydrogen (secondary N) is 2. The third-order valence-electron chi connectivity index (χ3n) is 3.03. The normalized spacial score (nSPS) is 11.8. The van der Waals surface area contributed by atoms with Gasteiger partial charge in [-0.2, -0.15) is 0 Å².